The topological polar surface area (TPSA) is 95.9 Å². The Kier molecular flexibility index (Phi) is 6.82. The molecule has 0 saturated heterocycles. The van der Waals surface area contributed by atoms with Crippen molar-refractivity contribution in [1.29, 1.82) is 0 Å². The van der Waals surface area contributed by atoms with Crippen LogP contribution >= 0.6 is 0 Å². The van der Waals surface area contributed by atoms with E-state index in [0.29, 0.717) is 17.9 Å². The second kappa shape index (κ2) is 10.3. The van der Waals surface area contributed by atoms with Crippen molar-refractivity contribution >= 4 is 28.3 Å². The molecule has 0 heterocycles. The highest BCUT2D eigenvalue weighted by molar-refractivity contribution is 6.02. The number of phenols is 1. The molecule has 0 radical (unpaired) electrons. The first-order valence-corrected chi connectivity index (χ1v) is 12.5. The maximum Gasteiger partial charge on any atom is 0.312 e. The molecule has 3 N–H and O–H groups in total. The molecule has 0 fully saturated rings. The third-order valence-corrected chi connectivity index (χ3v) is 6.89. The third kappa shape index (κ3) is 5.43. The zero-order valence-corrected chi connectivity index (χ0v) is 20.7. The van der Waals surface area contributed by atoms with Crippen molar-refractivity contribution in [2.24, 2.45) is 0 Å². The first-order chi connectivity index (χ1) is 17.9. The number of ether oxygens (including phenoxy) is 1. The molecule has 4 aromatic carbocycles. The van der Waals surface area contributed by atoms with Crippen LogP contribution in [-0.4, -0.2) is 22.1 Å². The molecule has 6 nitrogen and oxygen atoms in total. The summed E-state index contributed by atoms with van der Waals surface area (Å²) in [5, 5.41) is 24.6. The van der Waals surface area contributed by atoms with Gasteiger partial charge in [0.2, 0.25) is 5.91 Å². The predicted octanol–water partition coefficient (Wildman–Crippen LogP) is 6.33. The normalized spacial score (nSPS) is 12.4. The van der Waals surface area contributed by atoms with Gasteiger partial charge in [-0.2, -0.15) is 0 Å². The standard InChI is InChI=1S/C31H29NO5/c1-19-15-27(32-29(34)18-30(35)36)25-7-4-8-26(25)31(19)37-24-13-14-28(33)23(17-24)12-10-20-9-11-21-5-2-3-6-22(21)16-20/h2-3,5-6,9,11,13-17,33H,4,7-8,10,12,18H2,1H3,(H,32,34)(H,35,36). The summed E-state index contributed by atoms with van der Waals surface area (Å²) in [4.78, 5) is 23.0. The zero-order chi connectivity index (χ0) is 25.9. The highest BCUT2D eigenvalue weighted by Gasteiger charge is 2.24. The number of hydrogen-bond donors (Lipinski definition) is 3. The Bertz CT molecular complexity index is 1510. The average molecular weight is 496 g/mol. The number of rotatable bonds is 8. The molecule has 1 aliphatic carbocycles. The molecule has 0 bridgehead atoms. The number of fused-ring (bicyclic) bond motifs is 2. The molecule has 0 aromatic heterocycles. The van der Waals surface area contributed by atoms with E-state index in [0.717, 1.165) is 53.7 Å². The lowest BCUT2D eigenvalue weighted by Gasteiger charge is -2.18. The van der Waals surface area contributed by atoms with Gasteiger partial charge in [0.15, 0.2) is 0 Å². The number of phenolic OH excluding ortho intramolecular Hbond substituents is 1. The van der Waals surface area contributed by atoms with E-state index in [1.54, 1.807) is 12.1 Å². The van der Waals surface area contributed by atoms with Gasteiger partial charge < -0.3 is 20.3 Å². The minimum Gasteiger partial charge on any atom is -0.508 e. The van der Waals surface area contributed by atoms with Crippen molar-refractivity contribution in [2.75, 3.05) is 5.32 Å². The Morgan fingerprint density at radius 3 is 2.51 bits per heavy atom. The van der Waals surface area contributed by atoms with Crippen LogP contribution in [0.3, 0.4) is 0 Å². The van der Waals surface area contributed by atoms with Crippen molar-refractivity contribution in [1.82, 2.24) is 0 Å². The van der Waals surface area contributed by atoms with E-state index >= 15 is 0 Å². The van der Waals surface area contributed by atoms with Gasteiger partial charge in [-0.3, -0.25) is 9.59 Å². The van der Waals surface area contributed by atoms with Gasteiger partial charge >= 0.3 is 5.97 Å². The van der Waals surface area contributed by atoms with E-state index in [-0.39, 0.29) is 5.75 Å². The number of carboxylic acid groups (broad SMARTS) is 1. The number of hydrogen-bond acceptors (Lipinski definition) is 4. The van der Waals surface area contributed by atoms with Gasteiger partial charge in [0.1, 0.15) is 23.7 Å². The van der Waals surface area contributed by atoms with E-state index in [1.807, 2.05) is 31.2 Å². The fourth-order valence-corrected chi connectivity index (χ4v) is 5.10. The lowest BCUT2D eigenvalue weighted by atomic mass is 10.0. The fourth-order valence-electron chi connectivity index (χ4n) is 5.10. The Morgan fingerprint density at radius 2 is 1.70 bits per heavy atom. The zero-order valence-electron chi connectivity index (χ0n) is 20.7. The van der Waals surface area contributed by atoms with Crippen LogP contribution in [0.15, 0.2) is 66.7 Å². The van der Waals surface area contributed by atoms with Crippen LogP contribution < -0.4 is 10.1 Å². The number of aryl methyl sites for hydroxylation is 3. The number of carbonyl (C=O) groups is 2. The molecular weight excluding hydrogens is 466 g/mol. The van der Waals surface area contributed by atoms with Crippen molar-refractivity contribution in [3.63, 3.8) is 0 Å². The van der Waals surface area contributed by atoms with Crippen LogP contribution in [0.2, 0.25) is 0 Å². The first-order valence-electron chi connectivity index (χ1n) is 12.5. The molecule has 188 valence electrons. The summed E-state index contributed by atoms with van der Waals surface area (Å²) in [5.41, 5.74) is 5.57. The average Bonchev–Trinajstić information content (AvgIpc) is 3.36. The van der Waals surface area contributed by atoms with E-state index in [9.17, 15) is 14.7 Å². The summed E-state index contributed by atoms with van der Waals surface area (Å²) in [6, 6.07) is 21.9. The third-order valence-electron chi connectivity index (χ3n) is 6.89. The van der Waals surface area contributed by atoms with Gasteiger partial charge in [0.25, 0.3) is 0 Å². The van der Waals surface area contributed by atoms with Crippen LogP contribution in [-0.2, 0) is 35.3 Å². The first kappa shape index (κ1) is 24.4. The van der Waals surface area contributed by atoms with Crippen molar-refractivity contribution in [2.45, 2.75) is 45.4 Å². The molecule has 5 rings (SSSR count). The molecule has 0 saturated carbocycles. The number of aliphatic carboxylic acids is 1. The second-order valence-electron chi connectivity index (χ2n) is 9.57. The van der Waals surface area contributed by atoms with Crippen LogP contribution in [0.25, 0.3) is 10.8 Å². The summed E-state index contributed by atoms with van der Waals surface area (Å²) in [5.74, 6) is -0.0495. The van der Waals surface area contributed by atoms with Gasteiger partial charge in [-0.25, -0.2) is 0 Å². The number of nitrogens with one attached hydrogen (secondary N) is 1. The molecule has 0 spiro atoms. The van der Waals surface area contributed by atoms with Crippen molar-refractivity contribution in [3.8, 4) is 17.2 Å². The second-order valence-corrected chi connectivity index (χ2v) is 9.57. The molecule has 4 aromatic rings. The van der Waals surface area contributed by atoms with Gasteiger partial charge in [-0.15, -0.1) is 0 Å². The Labute approximate surface area is 215 Å². The summed E-state index contributed by atoms with van der Waals surface area (Å²) in [6.45, 7) is 1.92. The van der Waals surface area contributed by atoms with E-state index in [4.69, 9.17) is 9.84 Å². The maximum atomic E-state index is 12.1. The minimum atomic E-state index is -1.16. The Hall–Kier alpha value is -4.32. The highest BCUT2D eigenvalue weighted by Crippen LogP contribution is 2.41. The molecule has 37 heavy (non-hydrogen) atoms. The minimum absolute atomic E-state index is 0.242. The van der Waals surface area contributed by atoms with Crippen LogP contribution in [0.5, 0.6) is 17.2 Å². The van der Waals surface area contributed by atoms with Crippen LogP contribution in [0, 0.1) is 6.92 Å². The monoisotopic (exact) mass is 495 g/mol. The van der Waals surface area contributed by atoms with Gasteiger partial charge in [-0.05, 0) is 96.3 Å². The number of benzene rings is 4. The lowest BCUT2D eigenvalue weighted by Crippen LogP contribution is -2.17. The van der Waals surface area contributed by atoms with Gasteiger partial charge in [0.05, 0.1) is 0 Å². The van der Waals surface area contributed by atoms with Crippen molar-refractivity contribution in [3.05, 3.63) is 94.5 Å². The van der Waals surface area contributed by atoms with E-state index in [2.05, 4.69) is 35.6 Å². The molecule has 0 unspecified atom stereocenters. The fraction of sp³-hybridized carbons (Fsp3) is 0.226. The number of aromatic hydroxyl groups is 1. The van der Waals surface area contributed by atoms with Gasteiger partial charge in [0, 0.05) is 11.3 Å². The Morgan fingerprint density at radius 1 is 0.919 bits per heavy atom. The highest BCUT2D eigenvalue weighted by atomic mass is 16.5. The smallest absolute Gasteiger partial charge is 0.312 e. The lowest BCUT2D eigenvalue weighted by molar-refractivity contribution is -0.139. The number of carboxylic acids is 1. The largest absolute Gasteiger partial charge is 0.508 e. The van der Waals surface area contributed by atoms with Crippen molar-refractivity contribution < 1.29 is 24.5 Å². The van der Waals surface area contributed by atoms with Crippen LogP contribution in [0.4, 0.5) is 5.69 Å². The predicted molar refractivity (Wildman–Crippen MR) is 144 cm³/mol. The van der Waals surface area contributed by atoms with E-state index in [1.165, 1.54) is 16.3 Å². The SMILES string of the molecule is Cc1cc(NC(=O)CC(=O)O)c2c(c1Oc1ccc(O)c(CCc3ccc4ccccc4c3)c1)CCC2. The summed E-state index contributed by atoms with van der Waals surface area (Å²) in [6.07, 6.45) is 3.45. The summed E-state index contributed by atoms with van der Waals surface area (Å²) < 4.78 is 6.36. The van der Waals surface area contributed by atoms with E-state index < -0.39 is 18.3 Å². The number of anilines is 1. The quantitative estimate of drug-likeness (QED) is 0.248. The Balaban J connectivity index is 1.35. The van der Waals surface area contributed by atoms with Crippen LogP contribution in [0.1, 0.15) is 40.7 Å². The molecule has 1 amide bonds. The summed E-state index contributed by atoms with van der Waals surface area (Å²) >= 11 is 0. The number of carbonyl (C=O) groups excluding carboxylic acids is 1. The summed E-state index contributed by atoms with van der Waals surface area (Å²) in [7, 11) is 0. The molecule has 1 aliphatic rings. The maximum absolute atomic E-state index is 12.1. The molecule has 0 atom stereocenters. The number of amides is 1. The molecular formula is C31H29NO5. The molecule has 0 aliphatic heterocycles. The molecule has 6 heteroatoms. The van der Waals surface area contributed by atoms with Gasteiger partial charge in [-0.1, -0.05) is 42.5 Å².